The number of furan rings is 1. The van der Waals surface area contributed by atoms with Gasteiger partial charge in [-0.1, -0.05) is 12.1 Å². The van der Waals surface area contributed by atoms with Crippen molar-refractivity contribution in [2.24, 2.45) is 0 Å². The Balaban J connectivity index is 1.91. The molecule has 0 saturated carbocycles. The molecule has 1 aromatic carbocycles. The second kappa shape index (κ2) is 4.92. The highest BCUT2D eigenvalue weighted by molar-refractivity contribution is 5.95. The van der Waals surface area contributed by atoms with Gasteiger partial charge in [0.2, 0.25) is 0 Å². The molecule has 3 heteroatoms. The van der Waals surface area contributed by atoms with Crippen LogP contribution in [0.25, 0.3) is 11.1 Å². The van der Waals surface area contributed by atoms with Gasteiger partial charge in [0.1, 0.15) is 5.76 Å². The van der Waals surface area contributed by atoms with Crippen molar-refractivity contribution in [3.63, 3.8) is 0 Å². The normalized spacial score (nSPS) is 14.9. The van der Waals surface area contributed by atoms with Crippen LogP contribution in [-0.2, 0) is 0 Å². The number of likely N-dealkylation sites (tertiary alicyclic amines) is 1. The number of carbonyl (C=O) groups excluding carboxylic acids is 1. The molecule has 0 unspecified atom stereocenters. The zero-order valence-electron chi connectivity index (χ0n) is 11.1. The lowest BCUT2D eigenvalue weighted by Crippen LogP contribution is -2.27. The first-order valence-corrected chi connectivity index (χ1v) is 6.69. The molecule has 1 saturated heterocycles. The maximum Gasteiger partial charge on any atom is 0.253 e. The summed E-state index contributed by atoms with van der Waals surface area (Å²) in [5.74, 6) is 1.02. The lowest BCUT2D eigenvalue weighted by molar-refractivity contribution is 0.0793. The number of nitrogens with zero attached hydrogens (tertiary/aromatic N) is 1. The van der Waals surface area contributed by atoms with Crippen LogP contribution in [-0.4, -0.2) is 23.9 Å². The van der Waals surface area contributed by atoms with Gasteiger partial charge in [-0.3, -0.25) is 4.79 Å². The number of amides is 1. The van der Waals surface area contributed by atoms with E-state index < -0.39 is 0 Å². The van der Waals surface area contributed by atoms with Crippen molar-refractivity contribution in [1.29, 1.82) is 0 Å². The smallest absolute Gasteiger partial charge is 0.253 e. The van der Waals surface area contributed by atoms with Gasteiger partial charge in [0.25, 0.3) is 5.91 Å². The lowest BCUT2D eigenvalue weighted by atomic mass is 10.0. The summed E-state index contributed by atoms with van der Waals surface area (Å²) in [5, 5.41) is 0. The van der Waals surface area contributed by atoms with Gasteiger partial charge in [-0.15, -0.1) is 0 Å². The average molecular weight is 255 g/mol. The fourth-order valence-corrected chi connectivity index (χ4v) is 2.61. The summed E-state index contributed by atoms with van der Waals surface area (Å²) in [6.45, 7) is 3.70. The maximum atomic E-state index is 12.4. The van der Waals surface area contributed by atoms with Gasteiger partial charge in [0.15, 0.2) is 0 Å². The molecule has 0 radical (unpaired) electrons. The van der Waals surface area contributed by atoms with E-state index in [0.29, 0.717) is 0 Å². The number of rotatable bonds is 2. The van der Waals surface area contributed by atoms with E-state index in [1.165, 1.54) is 0 Å². The summed E-state index contributed by atoms with van der Waals surface area (Å²) in [6.07, 6.45) is 3.91. The minimum atomic E-state index is 0.139. The predicted octanol–water partition coefficient (Wildman–Crippen LogP) is 3.49. The van der Waals surface area contributed by atoms with Gasteiger partial charge in [0.05, 0.1) is 6.26 Å². The van der Waals surface area contributed by atoms with Crippen LogP contribution in [0.15, 0.2) is 41.0 Å². The van der Waals surface area contributed by atoms with E-state index in [1.54, 1.807) is 6.26 Å². The van der Waals surface area contributed by atoms with Crippen LogP contribution in [0, 0.1) is 6.92 Å². The fourth-order valence-electron chi connectivity index (χ4n) is 2.61. The molecule has 0 N–H and O–H groups in total. The third kappa shape index (κ3) is 2.28. The van der Waals surface area contributed by atoms with Gasteiger partial charge in [-0.2, -0.15) is 0 Å². The topological polar surface area (TPSA) is 33.5 Å². The van der Waals surface area contributed by atoms with Crippen LogP contribution in [0.4, 0.5) is 0 Å². The number of hydrogen-bond donors (Lipinski definition) is 0. The summed E-state index contributed by atoms with van der Waals surface area (Å²) >= 11 is 0. The highest BCUT2D eigenvalue weighted by Crippen LogP contribution is 2.25. The number of benzene rings is 1. The van der Waals surface area contributed by atoms with Gasteiger partial charge in [0, 0.05) is 24.2 Å². The van der Waals surface area contributed by atoms with Crippen LogP contribution >= 0.6 is 0 Å². The molecule has 19 heavy (non-hydrogen) atoms. The molecule has 0 aliphatic carbocycles. The first-order valence-electron chi connectivity index (χ1n) is 6.69. The SMILES string of the molecule is Cc1occc1-c1cccc(C(=O)N2CCCC2)c1. The van der Waals surface area contributed by atoms with E-state index in [9.17, 15) is 4.79 Å². The highest BCUT2D eigenvalue weighted by atomic mass is 16.3. The van der Waals surface area contributed by atoms with Crippen molar-refractivity contribution in [1.82, 2.24) is 4.90 Å². The summed E-state index contributed by atoms with van der Waals surface area (Å²) in [6, 6.07) is 9.73. The van der Waals surface area contributed by atoms with E-state index in [-0.39, 0.29) is 5.91 Å². The lowest BCUT2D eigenvalue weighted by Gasteiger charge is -2.15. The third-order valence-electron chi connectivity index (χ3n) is 3.67. The summed E-state index contributed by atoms with van der Waals surface area (Å²) in [4.78, 5) is 14.3. The second-order valence-corrected chi connectivity index (χ2v) is 4.97. The molecule has 1 amide bonds. The Kier molecular flexibility index (Phi) is 3.11. The first kappa shape index (κ1) is 12.0. The molecule has 1 aliphatic heterocycles. The zero-order chi connectivity index (χ0) is 13.2. The third-order valence-corrected chi connectivity index (χ3v) is 3.67. The molecular formula is C16H17NO2. The van der Waals surface area contributed by atoms with Gasteiger partial charge in [-0.05, 0) is 43.5 Å². The highest BCUT2D eigenvalue weighted by Gasteiger charge is 2.19. The Morgan fingerprint density at radius 2 is 2.00 bits per heavy atom. The Labute approximate surface area is 112 Å². The quantitative estimate of drug-likeness (QED) is 0.823. The standard InChI is InChI=1S/C16H17NO2/c1-12-15(7-10-19-12)13-5-4-6-14(11-13)16(18)17-8-2-3-9-17/h4-7,10-11H,2-3,8-9H2,1H3. The number of hydrogen-bond acceptors (Lipinski definition) is 2. The molecule has 0 spiro atoms. The first-order chi connectivity index (χ1) is 9.25. The van der Waals surface area contributed by atoms with E-state index in [2.05, 4.69) is 0 Å². The molecular weight excluding hydrogens is 238 g/mol. The molecule has 3 rings (SSSR count). The van der Waals surface area contributed by atoms with E-state index in [0.717, 1.165) is 48.4 Å². The largest absolute Gasteiger partial charge is 0.469 e. The molecule has 1 aliphatic rings. The fraction of sp³-hybridized carbons (Fsp3) is 0.312. The summed E-state index contributed by atoms with van der Waals surface area (Å²) in [7, 11) is 0. The Morgan fingerprint density at radius 1 is 1.21 bits per heavy atom. The van der Waals surface area contributed by atoms with Crippen LogP contribution in [0.5, 0.6) is 0 Å². The van der Waals surface area contributed by atoms with Crippen molar-refractivity contribution in [2.75, 3.05) is 13.1 Å². The van der Waals surface area contributed by atoms with Gasteiger partial charge >= 0.3 is 0 Å². The van der Waals surface area contributed by atoms with Crippen LogP contribution in [0.2, 0.25) is 0 Å². The van der Waals surface area contributed by atoms with Crippen molar-refractivity contribution in [3.05, 3.63) is 47.9 Å². The van der Waals surface area contributed by atoms with Crippen molar-refractivity contribution < 1.29 is 9.21 Å². The minimum absolute atomic E-state index is 0.139. The number of carbonyl (C=O) groups is 1. The molecule has 3 nitrogen and oxygen atoms in total. The molecule has 98 valence electrons. The van der Waals surface area contributed by atoms with Crippen molar-refractivity contribution in [2.45, 2.75) is 19.8 Å². The van der Waals surface area contributed by atoms with Gasteiger partial charge < -0.3 is 9.32 Å². The average Bonchev–Trinajstić information content (AvgIpc) is 3.09. The van der Waals surface area contributed by atoms with Crippen LogP contribution in [0.1, 0.15) is 29.0 Å². The molecule has 2 aromatic rings. The minimum Gasteiger partial charge on any atom is -0.469 e. The van der Waals surface area contributed by atoms with Crippen LogP contribution < -0.4 is 0 Å². The maximum absolute atomic E-state index is 12.4. The predicted molar refractivity (Wildman–Crippen MR) is 74.0 cm³/mol. The number of aryl methyl sites for hydroxylation is 1. The van der Waals surface area contributed by atoms with Crippen molar-refractivity contribution >= 4 is 5.91 Å². The molecule has 0 bridgehead atoms. The Hall–Kier alpha value is -2.03. The Bertz CT molecular complexity index is 594. The summed E-state index contributed by atoms with van der Waals surface area (Å²) in [5.41, 5.74) is 2.85. The van der Waals surface area contributed by atoms with E-state index in [1.807, 2.05) is 42.2 Å². The van der Waals surface area contributed by atoms with Gasteiger partial charge in [-0.25, -0.2) is 0 Å². The van der Waals surface area contributed by atoms with Crippen molar-refractivity contribution in [3.8, 4) is 11.1 Å². The summed E-state index contributed by atoms with van der Waals surface area (Å²) < 4.78 is 5.32. The molecule has 2 heterocycles. The molecule has 1 fully saturated rings. The molecule has 1 aromatic heterocycles. The van der Waals surface area contributed by atoms with E-state index >= 15 is 0 Å². The monoisotopic (exact) mass is 255 g/mol. The van der Waals surface area contributed by atoms with E-state index in [4.69, 9.17) is 4.42 Å². The van der Waals surface area contributed by atoms with Crippen LogP contribution in [0.3, 0.4) is 0 Å². The molecule has 0 atom stereocenters. The Morgan fingerprint density at radius 3 is 2.68 bits per heavy atom. The zero-order valence-corrected chi connectivity index (χ0v) is 11.1. The second-order valence-electron chi connectivity index (χ2n) is 4.97.